The van der Waals surface area contributed by atoms with Gasteiger partial charge in [-0.25, -0.2) is 0 Å². The zero-order chi connectivity index (χ0) is 9.84. The lowest BCUT2D eigenvalue weighted by molar-refractivity contribution is -0.133. The zero-order valence-corrected chi connectivity index (χ0v) is 8.75. The summed E-state index contributed by atoms with van der Waals surface area (Å²) in [5.74, 6) is 0.133. The predicted octanol–water partition coefficient (Wildman–Crippen LogP) is 1.42. The van der Waals surface area contributed by atoms with Crippen molar-refractivity contribution in [2.75, 3.05) is 14.2 Å². The number of methoxy groups -OCH3 is 1. The summed E-state index contributed by atoms with van der Waals surface area (Å²) in [7, 11) is 3.60. The van der Waals surface area contributed by atoms with Crippen LogP contribution in [-0.2, 0) is 9.53 Å². The summed E-state index contributed by atoms with van der Waals surface area (Å²) >= 11 is 0. The van der Waals surface area contributed by atoms with Gasteiger partial charge in [0, 0.05) is 21.1 Å². The number of hydrogen-bond donors (Lipinski definition) is 0. The predicted molar refractivity (Wildman–Crippen MR) is 51.5 cm³/mol. The first-order valence-electron chi connectivity index (χ1n) is 4.93. The lowest BCUT2D eigenvalue weighted by Gasteiger charge is -2.36. The van der Waals surface area contributed by atoms with Gasteiger partial charge in [-0.1, -0.05) is 12.8 Å². The smallest absolute Gasteiger partial charge is 0.219 e. The Morgan fingerprint density at radius 2 is 2.00 bits per heavy atom. The van der Waals surface area contributed by atoms with E-state index in [0.29, 0.717) is 0 Å². The minimum absolute atomic E-state index is 0.133. The maximum atomic E-state index is 11.2. The topological polar surface area (TPSA) is 29.5 Å². The molecule has 1 amide bonds. The van der Waals surface area contributed by atoms with Crippen molar-refractivity contribution in [2.45, 2.75) is 44.8 Å². The largest absolute Gasteiger partial charge is 0.379 e. The van der Waals surface area contributed by atoms with Crippen molar-refractivity contribution in [2.24, 2.45) is 0 Å². The second kappa shape index (κ2) is 4.61. The summed E-state index contributed by atoms with van der Waals surface area (Å²) in [5.41, 5.74) is 0. The molecule has 3 nitrogen and oxygen atoms in total. The monoisotopic (exact) mass is 185 g/mol. The van der Waals surface area contributed by atoms with E-state index >= 15 is 0 Å². The van der Waals surface area contributed by atoms with Crippen molar-refractivity contribution in [3.63, 3.8) is 0 Å². The van der Waals surface area contributed by atoms with Crippen LogP contribution < -0.4 is 0 Å². The molecule has 0 unspecified atom stereocenters. The van der Waals surface area contributed by atoms with Crippen molar-refractivity contribution in [1.29, 1.82) is 0 Å². The van der Waals surface area contributed by atoms with Gasteiger partial charge in [0.25, 0.3) is 0 Å². The fourth-order valence-corrected chi connectivity index (χ4v) is 2.03. The highest BCUT2D eigenvalue weighted by Crippen LogP contribution is 2.24. The van der Waals surface area contributed by atoms with Gasteiger partial charge < -0.3 is 9.64 Å². The van der Waals surface area contributed by atoms with Crippen molar-refractivity contribution < 1.29 is 9.53 Å². The van der Waals surface area contributed by atoms with Crippen LogP contribution >= 0.6 is 0 Å². The summed E-state index contributed by atoms with van der Waals surface area (Å²) in [5, 5.41) is 0. The Kier molecular flexibility index (Phi) is 3.72. The van der Waals surface area contributed by atoms with E-state index in [1.54, 1.807) is 14.0 Å². The molecule has 3 heteroatoms. The molecular formula is C10H19NO2. The Morgan fingerprint density at radius 3 is 2.54 bits per heavy atom. The molecule has 0 saturated heterocycles. The third-order valence-electron chi connectivity index (χ3n) is 2.96. The van der Waals surface area contributed by atoms with Gasteiger partial charge in [0.15, 0.2) is 0 Å². The number of likely N-dealkylation sites (N-methyl/N-ethyl adjacent to an activating group) is 1. The molecule has 0 radical (unpaired) electrons. The van der Waals surface area contributed by atoms with Gasteiger partial charge in [0.1, 0.15) is 0 Å². The molecule has 1 fully saturated rings. The summed E-state index contributed by atoms with van der Waals surface area (Å²) < 4.78 is 5.38. The van der Waals surface area contributed by atoms with Crippen LogP contribution in [0, 0.1) is 0 Å². The fourth-order valence-electron chi connectivity index (χ4n) is 2.03. The van der Waals surface area contributed by atoms with E-state index in [4.69, 9.17) is 4.74 Å². The van der Waals surface area contributed by atoms with Crippen LogP contribution in [0.3, 0.4) is 0 Å². The van der Waals surface area contributed by atoms with Crippen LogP contribution in [0.2, 0.25) is 0 Å². The average molecular weight is 185 g/mol. The normalized spacial score (nSPS) is 28.5. The van der Waals surface area contributed by atoms with Crippen LogP contribution in [0.15, 0.2) is 0 Å². The molecule has 1 saturated carbocycles. The highest BCUT2D eigenvalue weighted by Gasteiger charge is 2.29. The molecule has 2 atom stereocenters. The molecule has 1 rings (SSSR count). The summed E-state index contributed by atoms with van der Waals surface area (Å²) in [6, 6.07) is 0.288. The molecule has 13 heavy (non-hydrogen) atoms. The second-order valence-electron chi connectivity index (χ2n) is 3.76. The third-order valence-corrected chi connectivity index (χ3v) is 2.96. The first kappa shape index (κ1) is 10.5. The van der Waals surface area contributed by atoms with E-state index in [2.05, 4.69) is 0 Å². The van der Waals surface area contributed by atoms with Gasteiger partial charge in [0.2, 0.25) is 5.91 Å². The molecule has 0 aliphatic heterocycles. The maximum absolute atomic E-state index is 11.2. The van der Waals surface area contributed by atoms with Crippen molar-refractivity contribution >= 4 is 5.91 Å². The third kappa shape index (κ3) is 2.44. The molecule has 0 bridgehead atoms. The summed E-state index contributed by atoms with van der Waals surface area (Å²) in [6.07, 6.45) is 4.83. The number of carbonyl (C=O) groups excluding carboxylic acids is 1. The van der Waals surface area contributed by atoms with Crippen molar-refractivity contribution in [1.82, 2.24) is 4.90 Å². The first-order valence-corrected chi connectivity index (χ1v) is 4.93. The SMILES string of the molecule is CO[C@H]1CCCC[C@H]1N(C)C(C)=O. The fraction of sp³-hybridized carbons (Fsp3) is 0.900. The van der Waals surface area contributed by atoms with E-state index < -0.39 is 0 Å². The van der Waals surface area contributed by atoms with E-state index in [-0.39, 0.29) is 18.1 Å². The number of rotatable bonds is 2. The summed E-state index contributed by atoms with van der Waals surface area (Å²) in [4.78, 5) is 13.0. The van der Waals surface area contributed by atoms with E-state index in [0.717, 1.165) is 12.8 Å². The van der Waals surface area contributed by atoms with Crippen molar-refractivity contribution in [3.05, 3.63) is 0 Å². The summed E-state index contributed by atoms with van der Waals surface area (Å²) in [6.45, 7) is 1.61. The van der Waals surface area contributed by atoms with Gasteiger partial charge in [-0.2, -0.15) is 0 Å². The number of nitrogens with zero attached hydrogens (tertiary/aromatic N) is 1. The molecule has 0 spiro atoms. The van der Waals surface area contributed by atoms with Crippen LogP contribution in [0.4, 0.5) is 0 Å². The highest BCUT2D eigenvalue weighted by atomic mass is 16.5. The standard InChI is InChI=1S/C10H19NO2/c1-8(12)11(2)9-6-4-5-7-10(9)13-3/h9-10H,4-7H2,1-3H3/t9-,10+/m1/s1. The van der Waals surface area contributed by atoms with E-state index in [1.165, 1.54) is 12.8 Å². The van der Waals surface area contributed by atoms with Gasteiger partial charge in [-0.05, 0) is 12.8 Å². The molecule has 0 heterocycles. The Labute approximate surface area is 80.1 Å². The van der Waals surface area contributed by atoms with Gasteiger partial charge in [-0.15, -0.1) is 0 Å². The van der Waals surface area contributed by atoms with Crippen LogP contribution in [0.5, 0.6) is 0 Å². The van der Waals surface area contributed by atoms with Gasteiger partial charge >= 0.3 is 0 Å². The van der Waals surface area contributed by atoms with Crippen molar-refractivity contribution in [3.8, 4) is 0 Å². The van der Waals surface area contributed by atoms with Crippen LogP contribution in [-0.4, -0.2) is 37.1 Å². The number of ether oxygens (including phenoxy) is 1. The zero-order valence-electron chi connectivity index (χ0n) is 8.75. The molecule has 1 aliphatic carbocycles. The maximum Gasteiger partial charge on any atom is 0.219 e. The molecule has 0 N–H and O–H groups in total. The van der Waals surface area contributed by atoms with Crippen LogP contribution in [0.25, 0.3) is 0 Å². The van der Waals surface area contributed by atoms with E-state index in [9.17, 15) is 4.79 Å². The molecule has 1 aliphatic rings. The van der Waals surface area contributed by atoms with Gasteiger partial charge in [0.05, 0.1) is 12.1 Å². The Balaban J connectivity index is 2.58. The molecule has 0 aromatic heterocycles. The molecule has 76 valence electrons. The number of hydrogen-bond acceptors (Lipinski definition) is 2. The first-order chi connectivity index (χ1) is 6.16. The van der Waals surface area contributed by atoms with Gasteiger partial charge in [-0.3, -0.25) is 4.79 Å². The second-order valence-corrected chi connectivity index (χ2v) is 3.76. The number of carbonyl (C=O) groups is 1. The Hall–Kier alpha value is -0.570. The minimum atomic E-state index is 0.133. The minimum Gasteiger partial charge on any atom is -0.379 e. The molecule has 0 aromatic rings. The Bertz CT molecular complexity index is 182. The molecule has 0 aromatic carbocycles. The number of amides is 1. The quantitative estimate of drug-likeness (QED) is 0.651. The highest BCUT2D eigenvalue weighted by molar-refractivity contribution is 5.73. The lowest BCUT2D eigenvalue weighted by Crippen LogP contribution is -2.46. The Morgan fingerprint density at radius 1 is 1.38 bits per heavy atom. The lowest BCUT2D eigenvalue weighted by atomic mass is 9.91. The molecular weight excluding hydrogens is 166 g/mol. The van der Waals surface area contributed by atoms with Crippen LogP contribution in [0.1, 0.15) is 32.6 Å². The van der Waals surface area contributed by atoms with E-state index in [1.807, 2.05) is 11.9 Å². The average Bonchev–Trinajstić information content (AvgIpc) is 2.16.